The molecule has 0 unspecified atom stereocenters. The van der Waals surface area contributed by atoms with Gasteiger partial charge in [-0.3, -0.25) is 9.69 Å². The Kier molecular flexibility index (Phi) is 9.64. The van der Waals surface area contributed by atoms with Crippen LogP contribution in [0.1, 0.15) is 35.7 Å². The molecular formula is C32H44N4O2. The number of benzene rings is 2. The molecule has 6 heteroatoms. The van der Waals surface area contributed by atoms with Gasteiger partial charge in [0.25, 0.3) is 0 Å². The summed E-state index contributed by atoms with van der Waals surface area (Å²) in [5.74, 6) is 0.928. The van der Waals surface area contributed by atoms with Crippen molar-refractivity contribution in [2.45, 2.75) is 39.7 Å². The summed E-state index contributed by atoms with van der Waals surface area (Å²) in [6.07, 6.45) is 6.97. The third-order valence-corrected chi connectivity index (χ3v) is 7.79. The first-order valence-corrected chi connectivity index (χ1v) is 14.0. The number of rotatable bonds is 11. The van der Waals surface area contributed by atoms with Crippen LogP contribution in [0, 0.1) is 6.92 Å². The highest BCUT2D eigenvalue weighted by Crippen LogP contribution is 2.31. The van der Waals surface area contributed by atoms with Crippen molar-refractivity contribution >= 4 is 22.9 Å². The molecule has 2 aromatic carbocycles. The number of piperazine rings is 1. The van der Waals surface area contributed by atoms with Crippen LogP contribution in [0.4, 0.5) is 0 Å². The summed E-state index contributed by atoms with van der Waals surface area (Å²) in [5, 5.41) is 1.13. The third kappa shape index (κ3) is 6.86. The second-order valence-corrected chi connectivity index (χ2v) is 10.6. The molecular weight excluding hydrogens is 472 g/mol. The van der Waals surface area contributed by atoms with Gasteiger partial charge >= 0.3 is 0 Å². The first kappa shape index (κ1) is 27.9. The summed E-state index contributed by atoms with van der Waals surface area (Å²) >= 11 is 0. The molecule has 0 aliphatic carbocycles. The van der Waals surface area contributed by atoms with Gasteiger partial charge in [0.05, 0.1) is 7.11 Å². The first-order valence-electron chi connectivity index (χ1n) is 14.0. The zero-order valence-electron chi connectivity index (χ0n) is 23.9. The van der Waals surface area contributed by atoms with E-state index in [1.54, 1.807) is 13.2 Å². The van der Waals surface area contributed by atoms with Crippen molar-refractivity contribution in [3.05, 3.63) is 70.9 Å². The van der Waals surface area contributed by atoms with E-state index in [-0.39, 0.29) is 5.91 Å². The summed E-state index contributed by atoms with van der Waals surface area (Å²) in [7, 11) is 5.91. The van der Waals surface area contributed by atoms with Crippen molar-refractivity contribution in [1.82, 2.24) is 19.3 Å². The van der Waals surface area contributed by atoms with Crippen molar-refractivity contribution in [2.75, 3.05) is 60.5 Å². The van der Waals surface area contributed by atoms with Crippen LogP contribution in [-0.4, -0.2) is 85.6 Å². The van der Waals surface area contributed by atoms with E-state index in [1.807, 2.05) is 17.0 Å². The lowest BCUT2D eigenvalue weighted by atomic mass is 10.1. The van der Waals surface area contributed by atoms with Crippen molar-refractivity contribution < 1.29 is 9.53 Å². The van der Waals surface area contributed by atoms with Gasteiger partial charge in [0.1, 0.15) is 5.75 Å². The van der Waals surface area contributed by atoms with Gasteiger partial charge in [-0.2, -0.15) is 0 Å². The molecule has 1 aliphatic heterocycles. The van der Waals surface area contributed by atoms with E-state index in [9.17, 15) is 4.79 Å². The minimum absolute atomic E-state index is 0.0932. The maximum atomic E-state index is 13.1. The molecule has 0 N–H and O–H groups in total. The molecule has 2 heterocycles. The molecule has 0 saturated carbocycles. The Balaban J connectivity index is 1.38. The second-order valence-electron chi connectivity index (χ2n) is 10.6. The highest BCUT2D eigenvalue weighted by Gasteiger charge is 2.20. The van der Waals surface area contributed by atoms with Crippen LogP contribution in [0.25, 0.3) is 17.0 Å². The molecule has 0 radical (unpaired) electrons. The van der Waals surface area contributed by atoms with Crippen LogP contribution in [0.2, 0.25) is 0 Å². The van der Waals surface area contributed by atoms with E-state index in [4.69, 9.17) is 4.74 Å². The van der Waals surface area contributed by atoms with Crippen LogP contribution in [0.5, 0.6) is 5.75 Å². The summed E-state index contributed by atoms with van der Waals surface area (Å²) < 4.78 is 7.88. The third-order valence-electron chi connectivity index (χ3n) is 7.79. The molecule has 1 fully saturated rings. The highest BCUT2D eigenvalue weighted by molar-refractivity contribution is 5.98. The Morgan fingerprint density at radius 2 is 1.71 bits per heavy atom. The molecule has 1 aliphatic rings. The highest BCUT2D eigenvalue weighted by atomic mass is 16.5. The van der Waals surface area contributed by atoms with E-state index < -0.39 is 0 Å². The Bertz CT molecular complexity index is 1230. The Labute approximate surface area is 228 Å². The monoisotopic (exact) mass is 516 g/mol. The van der Waals surface area contributed by atoms with E-state index in [1.165, 1.54) is 22.3 Å². The number of carbonyl (C=O) groups is 1. The molecule has 3 aromatic rings. The van der Waals surface area contributed by atoms with Crippen LogP contribution in [0.15, 0.2) is 48.5 Å². The number of hydrogen-bond donors (Lipinski definition) is 0. The predicted octanol–water partition coefficient (Wildman–Crippen LogP) is 4.87. The molecule has 1 saturated heterocycles. The van der Waals surface area contributed by atoms with Crippen LogP contribution >= 0.6 is 0 Å². The number of aromatic nitrogens is 1. The summed E-state index contributed by atoms with van der Waals surface area (Å²) in [5.41, 5.74) is 6.25. The molecule has 38 heavy (non-hydrogen) atoms. The van der Waals surface area contributed by atoms with E-state index in [0.717, 1.165) is 81.8 Å². The predicted molar refractivity (Wildman–Crippen MR) is 158 cm³/mol. The maximum Gasteiger partial charge on any atom is 0.246 e. The molecule has 0 spiro atoms. The molecule has 1 aromatic heterocycles. The number of aryl methyl sites for hydroxylation is 2. The van der Waals surface area contributed by atoms with Crippen LogP contribution in [0.3, 0.4) is 0 Å². The molecule has 0 atom stereocenters. The summed E-state index contributed by atoms with van der Waals surface area (Å²) in [4.78, 5) is 19.8. The number of methoxy groups -OCH3 is 1. The van der Waals surface area contributed by atoms with Crippen molar-refractivity contribution in [3.8, 4) is 5.75 Å². The number of carbonyl (C=O) groups excluding carboxylic acids is 1. The van der Waals surface area contributed by atoms with Gasteiger partial charge in [-0.25, -0.2) is 0 Å². The van der Waals surface area contributed by atoms with Crippen LogP contribution < -0.4 is 4.74 Å². The zero-order valence-corrected chi connectivity index (χ0v) is 23.9. The molecule has 4 rings (SSSR count). The van der Waals surface area contributed by atoms with Crippen LogP contribution in [-0.2, 0) is 24.2 Å². The smallest absolute Gasteiger partial charge is 0.246 e. The minimum atomic E-state index is 0.0932. The van der Waals surface area contributed by atoms with Crippen molar-refractivity contribution in [3.63, 3.8) is 0 Å². The maximum absolute atomic E-state index is 13.1. The van der Waals surface area contributed by atoms with Gasteiger partial charge in [0.15, 0.2) is 0 Å². The number of nitrogens with zero attached hydrogens (tertiary/aromatic N) is 4. The van der Waals surface area contributed by atoms with E-state index in [0.29, 0.717) is 0 Å². The fourth-order valence-electron chi connectivity index (χ4n) is 5.34. The second kappa shape index (κ2) is 13.1. The average Bonchev–Trinajstić information content (AvgIpc) is 3.20. The van der Waals surface area contributed by atoms with Gasteiger partial charge in [-0.1, -0.05) is 31.2 Å². The average molecular weight is 517 g/mol. The lowest BCUT2D eigenvalue weighted by Crippen LogP contribution is -2.48. The fraction of sp³-hybridized carbons (Fsp3) is 0.469. The molecule has 1 amide bonds. The van der Waals surface area contributed by atoms with Gasteiger partial charge in [0, 0.05) is 67.5 Å². The van der Waals surface area contributed by atoms with Gasteiger partial charge < -0.3 is 19.1 Å². The standard InChI is InChI=1S/C32H44N4O2/c1-6-26-8-10-27(11-9-26)16-19-34-20-22-35(23-21-34)32(37)15-13-29-25(2)36(18-7-17-33(3)4)31-14-12-28(38-5)24-30(29)31/h8-15,24H,6-7,16-23H2,1-5H3/b15-13+. The summed E-state index contributed by atoms with van der Waals surface area (Å²) in [6, 6.07) is 15.2. The number of hydrogen-bond acceptors (Lipinski definition) is 4. The molecule has 6 nitrogen and oxygen atoms in total. The Hall–Kier alpha value is -3.09. The summed E-state index contributed by atoms with van der Waals surface area (Å²) in [6.45, 7) is 10.8. The lowest BCUT2D eigenvalue weighted by Gasteiger charge is -2.34. The Morgan fingerprint density at radius 3 is 2.37 bits per heavy atom. The van der Waals surface area contributed by atoms with E-state index >= 15 is 0 Å². The SMILES string of the molecule is CCc1ccc(CCN2CCN(C(=O)/C=C/c3c(C)n(CCCN(C)C)c4ccc(OC)cc34)CC2)cc1. The fourth-order valence-corrected chi connectivity index (χ4v) is 5.34. The Morgan fingerprint density at radius 1 is 1.00 bits per heavy atom. The topological polar surface area (TPSA) is 41.0 Å². The molecule has 0 bridgehead atoms. The lowest BCUT2D eigenvalue weighted by molar-refractivity contribution is -0.127. The normalized spacial score (nSPS) is 14.7. The first-order chi connectivity index (χ1) is 18.4. The zero-order chi connectivity index (χ0) is 27.1. The molecule has 204 valence electrons. The van der Waals surface area contributed by atoms with Gasteiger partial charge in [-0.15, -0.1) is 0 Å². The largest absolute Gasteiger partial charge is 0.497 e. The van der Waals surface area contributed by atoms with Gasteiger partial charge in [-0.05, 0) is 82.2 Å². The number of fused-ring (bicyclic) bond motifs is 1. The van der Waals surface area contributed by atoms with E-state index in [2.05, 4.69) is 78.7 Å². The van der Waals surface area contributed by atoms with Gasteiger partial charge in [0.2, 0.25) is 5.91 Å². The van der Waals surface area contributed by atoms with Crippen molar-refractivity contribution in [2.24, 2.45) is 0 Å². The minimum Gasteiger partial charge on any atom is -0.497 e. The van der Waals surface area contributed by atoms with Crippen molar-refractivity contribution in [1.29, 1.82) is 0 Å². The number of ether oxygens (including phenoxy) is 1. The number of amides is 1. The quantitative estimate of drug-likeness (QED) is 0.341.